The Morgan fingerprint density at radius 2 is 0.954 bits per heavy atom. The number of nitrogens with zero attached hydrogens (tertiary/aromatic N) is 6. The molecule has 0 saturated heterocycles. The lowest BCUT2D eigenvalue weighted by Crippen LogP contribution is -2.04. The second-order valence-corrected chi connectivity index (χ2v) is 16.2. The zero-order chi connectivity index (χ0) is 43.0. The Morgan fingerprint density at radius 1 is 0.431 bits per heavy atom. The molecule has 0 amide bonds. The molecule has 0 aliphatic carbocycles. The van der Waals surface area contributed by atoms with Crippen LogP contribution in [0.4, 0.5) is 0 Å². The SMILES string of the molecule is N#Cc1cc(-n2c3ccccc3c3cc(-c4ccccc4)c4c5ccccc5n(-c5ccccc5)c4c32)c2oc3ccccc3c2c1-c1nc(-c2ccccc2)nc(-c2ccccc2)n1. The molecule has 302 valence electrons. The van der Waals surface area contributed by atoms with Crippen LogP contribution in [0, 0.1) is 11.3 Å². The van der Waals surface area contributed by atoms with Crippen LogP contribution in [0.3, 0.4) is 0 Å². The molecule has 0 atom stereocenters. The van der Waals surface area contributed by atoms with Gasteiger partial charge in [0, 0.05) is 54.7 Å². The van der Waals surface area contributed by atoms with Gasteiger partial charge < -0.3 is 13.6 Å². The number of rotatable bonds is 6. The molecule has 0 unspecified atom stereocenters. The van der Waals surface area contributed by atoms with Crippen molar-refractivity contribution in [1.29, 1.82) is 5.26 Å². The summed E-state index contributed by atoms with van der Waals surface area (Å²) in [6, 6.07) is 73.2. The lowest BCUT2D eigenvalue weighted by Gasteiger charge is -2.16. The number of para-hydroxylation sites is 4. The van der Waals surface area contributed by atoms with Crippen LogP contribution in [0.5, 0.6) is 0 Å². The van der Waals surface area contributed by atoms with Crippen LogP contribution in [-0.2, 0) is 0 Å². The highest BCUT2D eigenvalue weighted by Gasteiger charge is 2.29. The third-order valence-corrected chi connectivity index (χ3v) is 12.6. The molecule has 0 aliphatic rings. The Bertz CT molecular complexity index is 3990. The second kappa shape index (κ2) is 14.5. The smallest absolute Gasteiger partial charge is 0.166 e. The molecule has 13 aromatic rings. The molecule has 13 rings (SSSR count). The fraction of sp³-hybridized carbons (Fsp3) is 0. The van der Waals surface area contributed by atoms with E-state index in [1.807, 2.05) is 84.9 Å². The van der Waals surface area contributed by atoms with Gasteiger partial charge in [-0.05, 0) is 53.6 Å². The highest BCUT2D eigenvalue weighted by Crippen LogP contribution is 2.49. The maximum Gasteiger partial charge on any atom is 0.166 e. The van der Waals surface area contributed by atoms with Gasteiger partial charge in [-0.3, -0.25) is 0 Å². The predicted octanol–water partition coefficient (Wildman–Crippen LogP) is 14.5. The standard InChI is InChI=1S/C58H34N6O/c59-35-39-33-48(55-52(43-29-15-18-32-49(43)65-55)50(39)58-61-56(37-21-7-2-8-22-37)60-57(62-58)38-23-9-3-10-24-38)64-46-30-16-13-27-41(46)45-34-44(36-19-5-1-6-20-36)51-42-28-14-17-31-47(42)63(54(51)53(45)64)40-25-11-4-12-26-40/h1-34H. The monoisotopic (exact) mass is 830 g/mol. The van der Waals surface area contributed by atoms with E-state index in [9.17, 15) is 5.26 Å². The first-order chi connectivity index (χ1) is 32.2. The molecule has 0 saturated carbocycles. The number of furan rings is 1. The molecule has 0 radical (unpaired) electrons. The molecule has 7 heteroatoms. The molecule has 4 heterocycles. The third kappa shape index (κ3) is 5.58. The first kappa shape index (κ1) is 36.5. The minimum atomic E-state index is 0.388. The van der Waals surface area contributed by atoms with Gasteiger partial charge in [-0.25, -0.2) is 15.0 Å². The van der Waals surface area contributed by atoms with Crippen molar-refractivity contribution in [1.82, 2.24) is 24.1 Å². The van der Waals surface area contributed by atoms with Crippen LogP contribution < -0.4 is 0 Å². The van der Waals surface area contributed by atoms with Crippen molar-refractivity contribution >= 4 is 65.6 Å². The van der Waals surface area contributed by atoms with Crippen molar-refractivity contribution in [2.75, 3.05) is 0 Å². The molecule has 4 aromatic heterocycles. The van der Waals surface area contributed by atoms with Gasteiger partial charge in [-0.15, -0.1) is 0 Å². The van der Waals surface area contributed by atoms with Crippen molar-refractivity contribution < 1.29 is 4.42 Å². The van der Waals surface area contributed by atoms with Crippen LogP contribution in [0.1, 0.15) is 5.56 Å². The Kier molecular flexibility index (Phi) is 8.14. The predicted molar refractivity (Wildman–Crippen MR) is 262 cm³/mol. The lowest BCUT2D eigenvalue weighted by atomic mass is 9.96. The van der Waals surface area contributed by atoms with Crippen LogP contribution >= 0.6 is 0 Å². The van der Waals surface area contributed by atoms with E-state index in [0.717, 1.165) is 88.0 Å². The number of hydrogen-bond acceptors (Lipinski definition) is 5. The number of benzene rings is 9. The summed E-state index contributed by atoms with van der Waals surface area (Å²) < 4.78 is 11.8. The molecule has 0 bridgehead atoms. The van der Waals surface area contributed by atoms with Gasteiger partial charge in [0.15, 0.2) is 23.1 Å². The Hall–Kier alpha value is -9.12. The maximum absolute atomic E-state index is 11.4. The molecular formula is C58H34N6O. The van der Waals surface area contributed by atoms with Crippen LogP contribution in [-0.4, -0.2) is 24.1 Å². The van der Waals surface area contributed by atoms with E-state index < -0.39 is 0 Å². The van der Waals surface area contributed by atoms with Gasteiger partial charge >= 0.3 is 0 Å². The second-order valence-electron chi connectivity index (χ2n) is 16.2. The molecular weight excluding hydrogens is 797 g/mol. The minimum Gasteiger partial charge on any atom is -0.454 e. The average molecular weight is 831 g/mol. The lowest BCUT2D eigenvalue weighted by molar-refractivity contribution is 0.666. The number of hydrogen-bond donors (Lipinski definition) is 0. The van der Waals surface area contributed by atoms with Crippen molar-refractivity contribution in [2.45, 2.75) is 0 Å². The van der Waals surface area contributed by atoms with Crippen molar-refractivity contribution in [3.8, 4) is 62.7 Å². The Balaban J connectivity index is 1.22. The summed E-state index contributed by atoms with van der Waals surface area (Å²) in [7, 11) is 0. The Labute approximate surface area is 372 Å². The third-order valence-electron chi connectivity index (χ3n) is 12.6. The van der Waals surface area contributed by atoms with E-state index in [1.54, 1.807) is 0 Å². The van der Waals surface area contributed by atoms with E-state index >= 15 is 0 Å². The van der Waals surface area contributed by atoms with E-state index in [-0.39, 0.29) is 0 Å². The Morgan fingerprint density at radius 3 is 1.60 bits per heavy atom. The van der Waals surface area contributed by atoms with E-state index in [2.05, 4.69) is 137 Å². The number of aromatic nitrogens is 5. The maximum atomic E-state index is 11.4. The zero-order valence-corrected chi connectivity index (χ0v) is 34.7. The van der Waals surface area contributed by atoms with Gasteiger partial charge in [-0.2, -0.15) is 5.26 Å². The highest BCUT2D eigenvalue weighted by molar-refractivity contribution is 6.29. The first-order valence-electron chi connectivity index (χ1n) is 21.6. The summed E-state index contributed by atoms with van der Waals surface area (Å²) in [5.41, 5.74) is 12.2. The molecule has 0 N–H and O–H groups in total. The van der Waals surface area contributed by atoms with E-state index in [0.29, 0.717) is 39.8 Å². The quantitative estimate of drug-likeness (QED) is 0.167. The van der Waals surface area contributed by atoms with Crippen molar-refractivity contribution in [3.05, 3.63) is 212 Å². The van der Waals surface area contributed by atoms with Crippen LogP contribution in [0.25, 0.3) is 122 Å². The highest BCUT2D eigenvalue weighted by atomic mass is 16.3. The summed E-state index contributed by atoms with van der Waals surface area (Å²) in [5, 5.41) is 17.5. The summed E-state index contributed by atoms with van der Waals surface area (Å²) in [6.07, 6.45) is 0. The summed E-state index contributed by atoms with van der Waals surface area (Å²) >= 11 is 0. The van der Waals surface area contributed by atoms with Gasteiger partial charge in [0.05, 0.1) is 39.4 Å². The van der Waals surface area contributed by atoms with Gasteiger partial charge in [-0.1, -0.05) is 164 Å². The van der Waals surface area contributed by atoms with Crippen LogP contribution in [0.2, 0.25) is 0 Å². The molecule has 7 nitrogen and oxygen atoms in total. The zero-order valence-electron chi connectivity index (χ0n) is 34.7. The largest absolute Gasteiger partial charge is 0.454 e. The first-order valence-corrected chi connectivity index (χ1v) is 21.6. The molecule has 0 fully saturated rings. The van der Waals surface area contributed by atoms with E-state index in [4.69, 9.17) is 19.4 Å². The topological polar surface area (TPSA) is 85.5 Å². The summed E-state index contributed by atoms with van der Waals surface area (Å²) in [5.74, 6) is 1.41. The van der Waals surface area contributed by atoms with Crippen molar-refractivity contribution in [2.24, 2.45) is 0 Å². The summed E-state index contributed by atoms with van der Waals surface area (Å²) in [6.45, 7) is 0. The average Bonchev–Trinajstić information content (AvgIpc) is 4.05. The molecule has 0 spiro atoms. The van der Waals surface area contributed by atoms with Gasteiger partial charge in [0.25, 0.3) is 0 Å². The molecule has 65 heavy (non-hydrogen) atoms. The normalized spacial score (nSPS) is 11.7. The van der Waals surface area contributed by atoms with E-state index in [1.165, 1.54) is 0 Å². The van der Waals surface area contributed by atoms with Crippen LogP contribution in [0.15, 0.2) is 211 Å². The molecule has 0 aliphatic heterocycles. The van der Waals surface area contributed by atoms with Gasteiger partial charge in [0.2, 0.25) is 0 Å². The number of nitriles is 1. The molecule has 9 aromatic carbocycles. The summed E-state index contributed by atoms with van der Waals surface area (Å²) in [4.78, 5) is 15.3. The number of fused-ring (bicyclic) bond motifs is 10. The van der Waals surface area contributed by atoms with Crippen molar-refractivity contribution in [3.63, 3.8) is 0 Å². The van der Waals surface area contributed by atoms with Gasteiger partial charge in [0.1, 0.15) is 5.58 Å². The minimum absolute atomic E-state index is 0.388. The fourth-order valence-electron chi connectivity index (χ4n) is 9.83. The fourth-order valence-corrected chi connectivity index (χ4v) is 9.83.